The van der Waals surface area contributed by atoms with Crippen molar-refractivity contribution in [2.75, 3.05) is 6.54 Å². The number of benzene rings is 2. The van der Waals surface area contributed by atoms with Gasteiger partial charge in [-0.2, -0.15) is 0 Å². The molecule has 2 N–H and O–H groups in total. The molecule has 0 atom stereocenters. The summed E-state index contributed by atoms with van der Waals surface area (Å²) in [6.07, 6.45) is 0.634. The quantitative estimate of drug-likeness (QED) is 0.903. The Kier molecular flexibility index (Phi) is 4.63. The first kappa shape index (κ1) is 15.5. The van der Waals surface area contributed by atoms with Crippen molar-refractivity contribution in [2.24, 2.45) is 5.73 Å². The van der Waals surface area contributed by atoms with E-state index in [9.17, 15) is 4.39 Å². The van der Waals surface area contributed by atoms with Crippen LogP contribution in [0.5, 0.6) is 11.5 Å². The topological polar surface area (TPSA) is 35.2 Å². The Hall–Kier alpha value is -1.87. The smallest absolute Gasteiger partial charge is 0.131 e. The zero-order valence-electron chi connectivity index (χ0n) is 12.8. The Bertz CT molecular complexity index is 617. The summed E-state index contributed by atoms with van der Waals surface area (Å²) in [5.74, 6) is 0.966. The molecule has 0 fully saturated rings. The van der Waals surface area contributed by atoms with Crippen LogP contribution >= 0.6 is 0 Å². The van der Waals surface area contributed by atoms with E-state index in [1.165, 1.54) is 12.1 Å². The third-order valence-electron chi connectivity index (χ3n) is 3.29. The van der Waals surface area contributed by atoms with E-state index >= 15 is 0 Å². The van der Waals surface area contributed by atoms with Crippen LogP contribution in [0.1, 0.15) is 31.9 Å². The first-order valence-corrected chi connectivity index (χ1v) is 7.17. The second kappa shape index (κ2) is 6.27. The highest BCUT2D eigenvalue weighted by Crippen LogP contribution is 2.34. The van der Waals surface area contributed by atoms with E-state index in [0.717, 1.165) is 16.9 Å². The van der Waals surface area contributed by atoms with Crippen LogP contribution in [0.15, 0.2) is 42.5 Å². The van der Waals surface area contributed by atoms with E-state index in [1.807, 2.05) is 30.3 Å². The summed E-state index contributed by atoms with van der Waals surface area (Å²) in [7, 11) is 0. The number of para-hydroxylation sites is 1. The molecule has 0 aliphatic rings. The monoisotopic (exact) mass is 287 g/mol. The van der Waals surface area contributed by atoms with Crippen molar-refractivity contribution < 1.29 is 9.13 Å². The third-order valence-corrected chi connectivity index (χ3v) is 3.29. The minimum atomic E-state index is -0.302. The molecule has 0 bridgehead atoms. The first-order chi connectivity index (χ1) is 9.90. The molecule has 2 aromatic carbocycles. The third kappa shape index (κ3) is 4.05. The van der Waals surface area contributed by atoms with Crippen LogP contribution in [-0.4, -0.2) is 6.54 Å². The maximum Gasteiger partial charge on any atom is 0.131 e. The summed E-state index contributed by atoms with van der Waals surface area (Å²) in [5.41, 5.74) is 7.43. The molecule has 0 spiro atoms. The average Bonchev–Trinajstić information content (AvgIpc) is 2.37. The van der Waals surface area contributed by atoms with Crippen molar-refractivity contribution in [1.29, 1.82) is 0 Å². The SMILES string of the molecule is CC(C)(C)c1ccccc1Oc1cc(F)cc(CCN)c1. The molecule has 2 aromatic rings. The van der Waals surface area contributed by atoms with Gasteiger partial charge in [-0.25, -0.2) is 4.39 Å². The predicted octanol–water partition coefficient (Wildman–Crippen LogP) is 4.42. The molecule has 0 aliphatic carbocycles. The lowest BCUT2D eigenvalue weighted by Crippen LogP contribution is -2.12. The van der Waals surface area contributed by atoms with E-state index < -0.39 is 0 Å². The fourth-order valence-electron chi connectivity index (χ4n) is 2.29. The van der Waals surface area contributed by atoms with Gasteiger partial charge in [-0.3, -0.25) is 0 Å². The lowest BCUT2D eigenvalue weighted by atomic mass is 9.86. The number of hydrogen-bond donors (Lipinski definition) is 1. The first-order valence-electron chi connectivity index (χ1n) is 7.17. The highest BCUT2D eigenvalue weighted by atomic mass is 19.1. The van der Waals surface area contributed by atoms with Crippen molar-refractivity contribution in [3.05, 3.63) is 59.4 Å². The summed E-state index contributed by atoms with van der Waals surface area (Å²) in [6, 6.07) is 12.6. The predicted molar refractivity (Wildman–Crippen MR) is 84.4 cm³/mol. The Morgan fingerprint density at radius 2 is 1.81 bits per heavy atom. The van der Waals surface area contributed by atoms with Gasteiger partial charge in [0.05, 0.1) is 0 Å². The van der Waals surface area contributed by atoms with Gasteiger partial charge in [0, 0.05) is 11.6 Å². The molecule has 21 heavy (non-hydrogen) atoms. The molecule has 2 rings (SSSR count). The van der Waals surface area contributed by atoms with E-state index in [0.29, 0.717) is 18.7 Å². The summed E-state index contributed by atoms with van der Waals surface area (Å²) < 4.78 is 19.6. The molecule has 0 aliphatic heterocycles. The summed E-state index contributed by atoms with van der Waals surface area (Å²) >= 11 is 0. The highest BCUT2D eigenvalue weighted by Gasteiger charge is 2.19. The van der Waals surface area contributed by atoms with Crippen LogP contribution in [0.4, 0.5) is 4.39 Å². The van der Waals surface area contributed by atoms with Gasteiger partial charge in [-0.05, 0) is 42.1 Å². The van der Waals surface area contributed by atoms with Crippen molar-refractivity contribution >= 4 is 0 Å². The lowest BCUT2D eigenvalue weighted by molar-refractivity contribution is 0.451. The fraction of sp³-hybridized carbons (Fsp3) is 0.333. The van der Waals surface area contributed by atoms with Gasteiger partial charge in [-0.1, -0.05) is 39.0 Å². The minimum Gasteiger partial charge on any atom is -0.457 e. The Morgan fingerprint density at radius 1 is 1.10 bits per heavy atom. The summed E-state index contributed by atoms with van der Waals surface area (Å²) in [5, 5.41) is 0. The molecular formula is C18H22FNO. The van der Waals surface area contributed by atoms with Gasteiger partial charge in [-0.15, -0.1) is 0 Å². The zero-order chi connectivity index (χ0) is 15.5. The molecule has 2 nitrogen and oxygen atoms in total. The molecule has 3 heteroatoms. The Morgan fingerprint density at radius 3 is 2.48 bits per heavy atom. The van der Waals surface area contributed by atoms with E-state index in [1.54, 1.807) is 0 Å². The second-order valence-electron chi connectivity index (χ2n) is 6.18. The Labute approximate surface area is 125 Å². The number of rotatable bonds is 4. The molecule has 0 radical (unpaired) electrons. The number of ether oxygens (including phenoxy) is 1. The number of hydrogen-bond acceptors (Lipinski definition) is 2. The number of halogens is 1. The molecular weight excluding hydrogens is 265 g/mol. The van der Waals surface area contributed by atoms with Gasteiger partial charge < -0.3 is 10.5 Å². The highest BCUT2D eigenvalue weighted by molar-refractivity contribution is 5.42. The van der Waals surface area contributed by atoms with E-state index in [-0.39, 0.29) is 11.2 Å². The van der Waals surface area contributed by atoms with E-state index in [2.05, 4.69) is 20.8 Å². The molecule has 0 saturated heterocycles. The van der Waals surface area contributed by atoms with Crippen LogP contribution in [0.3, 0.4) is 0 Å². The fourth-order valence-corrected chi connectivity index (χ4v) is 2.29. The van der Waals surface area contributed by atoms with Crippen molar-refractivity contribution in [3.63, 3.8) is 0 Å². The van der Waals surface area contributed by atoms with Crippen LogP contribution < -0.4 is 10.5 Å². The van der Waals surface area contributed by atoms with Gasteiger partial charge in [0.1, 0.15) is 17.3 Å². The average molecular weight is 287 g/mol. The molecule has 0 unspecified atom stereocenters. The maximum absolute atomic E-state index is 13.7. The van der Waals surface area contributed by atoms with Crippen LogP contribution in [0, 0.1) is 5.82 Å². The van der Waals surface area contributed by atoms with Crippen molar-refractivity contribution in [1.82, 2.24) is 0 Å². The molecule has 0 heterocycles. The van der Waals surface area contributed by atoms with Gasteiger partial charge in [0.2, 0.25) is 0 Å². The molecule has 0 aromatic heterocycles. The minimum absolute atomic E-state index is 0.0377. The maximum atomic E-state index is 13.7. The standard InChI is InChI=1S/C18H22FNO/c1-18(2,3)16-6-4-5-7-17(16)21-15-11-13(8-9-20)10-14(19)12-15/h4-7,10-12H,8-9,20H2,1-3H3. The summed E-state index contributed by atoms with van der Waals surface area (Å²) in [6.45, 7) is 6.86. The second-order valence-corrected chi connectivity index (χ2v) is 6.18. The largest absolute Gasteiger partial charge is 0.457 e. The molecule has 112 valence electrons. The van der Waals surface area contributed by atoms with Crippen LogP contribution in [0.2, 0.25) is 0 Å². The van der Waals surface area contributed by atoms with Crippen molar-refractivity contribution in [3.8, 4) is 11.5 Å². The molecule has 0 saturated carbocycles. The van der Waals surface area contributed by atoms with E-state index in [4.69, 9.17) is 10.5 Å². The van der Waals surface area contributed by atoms with Crippen LogP contribution in [-0.2, 0) is 11.8 Å². The van der Waals surface area contributed by atoms with Gasteiger partial charge >= 0.3 is 0 Å². The van der Waals surface area contributed by atoms with Crippen molar-refractivity contribution in [2.45, 2.75) is 32.6 Å². The van der Waals surface area contributed by atoms with Gasteiger partial charge in [0.15, 0.2) is 0 Å². The van der Waals surface area contributed by atoms with Crippen LogP contribution in [0.25, 0.3) is 0 Å². The number of nitrogens with two attached hydrogens (primary N) is 1. The molecule has 0 amide bonds. The zero-order valence-corrected chi connectivity index (χ0v) is 12.8. The normalized spacial score (nSPS) is 11.5. The van der Waals surface area contributed by atoms with Gasteiger partial charge in [0.25, 0.3) is 0 Å². The summed E-state index contributed by atoms with van der Waals surface area (Å²) in [4.78, 5) is 0. The Balaban J connectivity index is 2.35. The lowest BCUT2D eigenvalue weighted by Gasteiger charge is -2.22.